The van der Waals surface area contributed by atoms with Crippen molar-refractivity contribution in [2.24, 2.45) is 0 Å². The van der Waals surface area contributed by atoms with Crippen molar-refractivity contribution in [1.82, 2.24) is 4.98 Å². The van der Waals surface area contributed by atoms with Crippen LogP contribution in [-0.2, 0) is 0 Å². The van der Waals surface area contributed by atoms with Crippen molar-refractivity contribution >= 4 is 34.8 Å². The molecule has 62 valence electrons. The lowest BCUT2D eigenvalue weighted by molar-refractivity contribution is 1.26. The summed E-state index contributed by atoms with van der Waals surface area (Å²) in [5.74, 6) is 0. The summed E-state index contributed by atoms with van der Waals surface area (Å²) in [6.07, 6.45) is 3.90. The van der Waals surface area contributed by atoms with E-state index in [-0.39, 0.29) is 0 Å². The van der Waals surface area contributed by atoms with E-state index >= 15 is 0 Å². The molecule has 0 bridgehead atoms. The maximum atomic E-state index is 4.18. The molecule has 0 aromatic carbocycles. The molecule has 0 amide bonds. The molecule has 1 aromatic rings. The van der Waals surface area contributed by atoms with Crippen LogP contribution in [0.3, 0.4) is 0 Å². The molecule has 0 atom stereocenters. The standard InChI is InChI=1S/C9H11BBrN/c1-3-6(2)8-7(10)4-5-12-9(8)11/h3-5H,10H2,1-2H3/b6-3+. The number of rotatable bonds is 1. The molecule has 0 N–H and O–H groups in total. The molecular formula is C9H11BBrN. The van der Waals surface area contributed by atoms with Gasteiger partial charge in [-0.1, -0.05) is 11.5 Å². The predicted octanol–water partition coefficient (Wildman–Crippen LogP) is 1.53. The number of aromatic nitrogens is 1. The zero-order chi connectivity index (χ0) is 9.14. The van der Waals surface area contributed by atoms with Crippen LogP contribution in [0.1, 0.15) is 19.4 Å². The molecule has 0 unspecified atom stereocenters. The minimum Gasteiger partial charge on any atom is -0.249 e. The minimum atomic E-state index is 0.929. The topological polar surface area (TPSA) is 12.9 Å². The second-order valence-electron chi connectivity index (χ2n) is 2.77. The van der Waals surface area contributed by atoms with Crippen molar-refractivity contribution in [3.63, 3.8) is 0 Å². The Morgan fingerprint density at radius 1 is 1.67 bits per heavy atom. The van der Waals surface area contributed by atoms with E-state index in [9.17, 15) is 0 Å². The van der Waals surface area contributed by atoms with Crippen molar-refractivity contribution in [2.45, 2.75) is 13.8 Å². The second-order valence-corrected chi connectivity index (χ2v) is 3.52. The van der Waals surface area contributed by atoms with Crippen LogP contribution in [0.5, 0.6) is 0 Å². The minimum absolute atomic E-state index is 0.929. The summed E-state index contributed by atoms with van der Waals surface area (Å²) in [5, 5.41) is 0. The molecule has 0 spiro atoms. The third kappa shape index (κ3) is 1.78. The number of pyridine rings is 1. The van der Waals surface area contributed by atoms with E-state index in [0.29, 0.717) is 0 Å². The van der Waals surface area contributed by atoms with Gasteiger partial charge in [0.2, 0.25) is 0 Å². The van der Waals surface area contributed by atoms with Gasteiger partial charge in [0.05, 0.1) is 0 Å². The highest BCUT2D eigenvalue weighted by atomic mass is 79.9. The third-order valence-corrected chi connectivity index (χ3v) is 2.54. The number of halogens is 1. The van der Waals surface area contributed by atoms with Gasteiger partial charge in [0.15, 0.2) is 0 Å². The van der Waals surface area contributed by atoms with Crippen molar-refractivity contribution < 1.29 is 0 Å². The smallest absolute Gasteiger partial charge is 0.140 e. The van der Waals surface area contributed by atoms with Crippen molar-refractivity contribution in [3.05, 3.63) is 28.5 Å². The molecule has 0 aliphatic rings. The molecule has 0 radical (unpaired) electrons. The Morgan fingerprint density at radius 2 is 2.33 bits per heavy atom. The predicted molar refractivity (Wildman–Crippen MR) is 59.4 cm³/mol. The molecule has 0 saturated carbocycles. The lowest BCUT2D eigenvalue weighted by atomic mass is 9.89. The Hall–Kier alpha value is -0.565. The SMILES string of the molecule is Bc1ccnc(Br)c1/C(C)=C/C. The first-order chi connectivity index (χ1) is 5.66. The third-order valence-electron chi connectivity index (χ3n) is 1.94. The number of hydrogen-bond donors (Lipinski definition) is 0. The summed E-state index contributed by atoms with van der Waals surface area (Å²) in [6.45, 7) is 4.13. The zero-order valence-electron chi connectivity index (χ0n) is 7.56. The maximum absolute atomic E-state index is 4.18. The molecule has 0 fully saturated rings. The van der Waals surface area contributed by atoms with E-state index in [1.165, 1.54) is 16.6 Å². The Morgan fingerprint density at radius 3 is 2.83 bits per heavy atom. The van der Waals surface area contributed by atoms with E-state index in [1.807, 2.05) is 19.2 Å². The summed E-state index contributed by atoms with van der Waals surface area (Å²) in [6, 6.07) is 2.02. The van der Waals surface area contributed by atoms with E-state index in [0.717, 1.165) is 4.60 Å². The fourth-order valence-electron chi connectivity index (χ4n) is 1.14. The van der Waals surface area contributed by atoms with Crippen molar-refractivity contribution in [3.8, 4) is 0 Å². The summed E-state index contributed by atoms with van der Waals surface area (Å²) in [5.41, 5.74) is 3.72. The van der Waals surface area contributed by atoms with Crippen LogP contribution in [0.25, 0.3) is 5.57 Å². The van der Waals surface area contributed by atoms with Gasteiger partial charge in [-0.05, 0) is 41.4 Å². The van der Waals surface area contributed by atoms with Gasteiger partial charge in [0.1, 0.15) is 12.4 Å². The summed E-state index contributed by atoms with van der Waals surface area (Å²) in [4.78, 5) is 4.18. The lowest BCUT2D eigenvalue weighted by Gasteiger charge is -2.06. The zero-order valence-corrected chi connectivity index (χ0v) is 9.14. The average molecular weight is 224 g/mol. The molecule has 1 nitrogen and oxygen atoms in total. The van der Waals surface area contributed by atoms with Crippen LogP contribution in [0.4, 0.5) is 0 Å². The Balaban J connectivity index is 3.31. The van der Waals surface area contributed by atoms with E-state index in [4.69, 9.17) is 0 Å². The van der Waals surface area contributed by atoms with E-state index in [1.54, 1.807) is 0 Å². The van der Waals surface area contributed by atoms with Crippen LogP contribution in [0.15, 0.2) is 22.9 Å². The summed E-state index contributed by atoms with van der Waals surface area (Å²) < 4.78 is 0.929. The van der Waals surface area contributed by atoms with Crippen LogP contribution in [-0.4, -0.2) is 12.8 Å². The molecule has 1 heterocycles. The first-order valence-electron chi connectivity index (χ1n) is 3.91. The molecule has 1 aromatic heterocycles. The highest BCUT2D eigenvalue weighted by Gasteiger charge is 2.04. The first kappa shape index (κ1) is 9.52. The van der Waals surface area contributed by atoms with Gasteiger partial charge >= 0.3 is 0 Å². The molecule has 12 heavy (non-hydrogen) atoms. The molecule has 0 aliphatic carbocycles. The maximum Gasteiger partial charge on any atom is 0.140 e. The van der Waals surface area contributed by atoms with Gasteiger partial charge in [-0.25, -0.2) is 4.98 Å². The number of hydrogen-bond acceptors (Lipinski definition) is 1. The van der Waals surface area contributed by atoms with Gasteiger partial charge in [0.25, 0.3) is 0 Å². The molecule has 1 rings (SSSR count). The van der Waals surface area contributed by atoms with Gasteiger partial charge in [0, 0.05) is 11.8 Å². The van der Waals surface area contributed by atoms with Crippen LogP contribution in [0.2, 0.25) is 0 Å². The fraction of sp³-hybridized carbons (Fsp3) is 0.222. The van der Waals surface area contributed by atoms with Crippen LogP contribution < -0.4 is 5.46 Å². The quantitative estimate of drug-likeness (QED) is 0.520. The average Bonchev–Trinajstić information content (AvgIpc) is 2.03. The van der Waals surface area contributed by atoms with Gasteiger partial charge < -0.3 is 0 Å². The summed E-state index contributed by atoms with van der Waals surface area (Å²) in [7, 11) is 2.09. The highest BCUT2D eigenvalue weighted by molar-refractivity contribution is 9.10. The second kappa shape index (κ2) is 3.90. The first-order valence-corrected chi connectivity index (χ1v) is 4.70. The normalized spacial score (nSPS) is 11.8. The van der Waals surface area contributed by atoms with Crippen molar-refractivity contribution in [1.29, 1.82) is 0 Å². The fourth-order valence-corrected chi connectivity index (χ4v) is 1.89. The van der Waals surface area contributed by atoms with Gasteiger partial charge in [-0.2, -0.15) is 0 Å². The molecule has 0 saturated heterocycles. The highest BCUT2D eigenvalue weighted by Crippen LogP contribution is 2.18. The van der Waals surface area contributed by atoms with Crippen molar-refractivity contribution in [2.75, 3.05) is 0 Å². The monoisotopic (exact) mass is 223 g/mol. The number of nitrogens with zero attached hydrogens (tertiary/aromatic N) is 1. The van der Waals surface area contributed by atoms with E-state index in [2.05, 4.69) is 41.8 Å². The summed E-state index contributed by atoms with van der Waals surface area (Å²) >= 11 is 3.44. The Labute approximate surface area is 82.4 Å². The van der Waals surface area contributed by atoms with Gasteiger partial charge in [-0.3, -0.25) is 0 Å². The molecular weight excluding hydrogens is 213 g/mol. The van der Waals surface area contributed by atoms with E-state index < -0.39 is 0 Å². The number of allylic oxidation sites excluding steroid dienone is 2. The Bertz CT molecular complexity index is 300. The Kier molecular flexibility index (Phi) is 3.09. The van der Waals surface area contributed by atoms with Crippen LogP contribution >= 0.6 is 15.9 Å². The van der Waals surface area contributed by atoms with Gasteiger partial charge in [-0.15, -0.1) is 0 Å². The lowest BCUT2D eigenvalue weighted by Crippen LogP contribution is -2.10. The molecule has 0 aliphatic heterocycles. The molecule has 3 heteroatoms. The van der Waals surface area contributed by atoms with Crippen LogP contribution in [0, 0.1) is 0 Å². The largest absolute Gasteiger partial charge is 0.249 e.